The van der Waals surface area contributed by atoms with Crippen molar-refractivity contribution in [3.05, 3.63) is 0 Å². The Morgan fingerprint density at radius 2 is 2.00 bits per heavy atom. The van der Waals surface area contributed by atoms with E-state index < -0.39 is 0 Å². The fraction of sp³-hybridized carbons (Fsp3) is 1.00. The Morgan fingerprint density at radius 1 is 1.23 bits per heavy atom. The molecule has 1 aliphatic rings. The third kappa shape index (κ3) is 3.65. The van der Waals surface area contributed by atoms with Gasteiger partial charge in [-0.15, -0.1) is 0 Å². The van der Waals surface area contributed by atoms with E-state index in [1.54, 1.807) is 0 Å². The highest BCUT2D eigenvalue weighted by molar-refractivity contribution is 4.79. The number of aliphatic hydroxyl groups is 1. The van der Waals surface area contributed by atoms with E-state index in [0.717, 1.165) is 12.6 Å². The van der Waals surface area contributed by atoms with Gasteiger partial charge in [-0.3, -0.25) is 4.90 Å². The molecule has 0 aromatic heterocycles. The summed E-state index contributed by atoms with van der Waals surface area (Å²) in [4.78, 5) is 2.47. The van der Waals surface area contributed by atoms with Gasteiger partial charge in [0.15, 0.2) is 0 Å². The van der Waals surface area contributed by atoms with Crippen molar-refractivity contribution in [3.8, 4) is 0 Å². The Bertz CT molecular complexity index is 123. The Balaban J connectivity index is 2.12. The van der Waals surface area contributed by atoms with Gasteiger partial charge in [0.25, 0.3) is 0 Å². The number of rotatable bonds is 7. The Kier molecular flexibility index (Phi) is 5.40. The lowest BCUT2D eigenvalue weighted by molar-refractivity contribution is 0.0996. The molecule has 1 aliphatic carbocycles. The number of nitrogens with zero attached hydrogens (tertiary/aromatic N) is 1. The quantitative estimate of drug-likeness (QED) is 0.613. The zero-order valence-electron chi connectivity index (χ0n) is 8.84. The SMILES string of the molecule is CCCCCN(CCO)C1CCC1. The molecule has 0 aromatic carbocycles. The van der Waals surface area contributed by atoms with Crippen LogP contribution in [0.1, 0.15) is 45.4 Å². The van der Waals surface area contributed by atoms with Gasteiger partial charge in [0.05, 0.1) is 6.61 Å². The smallest absolute Gasteiger partial charge is 0.0558 e. The van der Waals surface area contributed by atoms with Crippen LogP contribution in [-0.4, -0.2) is 35.7 Å². The summed E-state index contributed by atoms with van der Waals surface area (Å²) in [6.45, 7) is 4.63. The topological polar surface area (TPSA) is 23.5 Å². The summed E-state index contributed by atoms with van der Waals surface area (Å²) in [5, 5.41) is 8.92. The van der Waals surface area contributed by atoms with Gasteiger partial charge in [-0.25, -0.2) is 0 Å². The van der Waals surface area contributed by atoms with Crippen LogP contribution in [0, 0.1) is 0 Å². The molecule has 2 heteroatoms. The second-order valence-electron chi connectivity index (χ2n) is 4.05. The van der Waals surface area contributed by atoms with Crippen molar-refractivity contribution in [1.82, 2.24) is 4.90 Å². The average Bonchev–Trinajstić information content (AvgIpc) is 2.02. The minimum atomic E-state index is 0.322. The fourth-order valence-electron chi connectivity index (χ4n) is 1.92. The van der Waals surface area contributed by atoms with Crippen LogP contribution < -0.4 is 0 Å². The first-order valence-corrected chi connectivity index (χ1v) is 5.73. The summed E-state index contributed by atoms with van der Waals surface area (Å²) < 4.78 is 0. The molecule has 78 valence electrons. The van der Waals surface area contributed by atoms with E-state index in [4.69, 9.17) is 5.11 Å². The summed E-state index contributed by atoms with van der Waals surface area (Å²) in [6, 6.07) is 0.795. The molecule has 0 spiro atoms. The summed E-state index contributed by atoms with van der Waals surface area (Å²) in [5.74, 6) is 0. The van der Waals surface area contributed by atoms with Gasteiger partial charge in [0.2, 0.25) is 0 Å². The lowest BCUT2D eigenvalue weighted by Gasteiger charge is -2.37. The van der Waals surface area contributed by atoms with Crippen molar-refractivity contribution in [1.29, 1.82) is 0 Å². The van der Waals surface area contributed by atoms with Gasteiger partial charge in [0.1, 0.15) is 0 Å². The highest BCUT2D eigenvalue weighted by Gasteiger charge is 2.23. The van der Waals surface area contributed by atoms with Gasteiger partial charge in [-0.1, -0.05) is 26.2 Å². The third-order valence-corrected chi connectivity index (χ3v) is 3.03. The molecule has 1 saturated carbocycles. The van der Waals surface area contributed by atoms with E-state index in [1.165, 1.54) is 45.1 Å². The molecule has 13 heavy (non-hydrogen) atoms. The van der Waals surface area contributed by atoms with Crippen LogP contribution in [0.2, 0.25) is 0 Å². The molecule has 0 radical (unpaired) electrons. The number of aliphatic hydroxyl groups excluding tert-OH is 1. The first kappa shape index (κ1) is 11.0. The molecule has 0 bridgehead atoms. The molecule has 0 unspecified atom stereocenters. The molecule has 0 aromatic rings. The standard InChI is InChI=1S/C11H23NO/c1-2-3-4-8-12(9-10-13)11-6-5-7-11/h11,13H,2-10H2,1H3. The average molecular weight is 185 g/mol. The molecular formula is C11H23NO. The second-order valence-corrected chi connectivity index (χ2v) is 4.05. The van der Waals surface area contributed by atoms with Gasteiger partial charge in [-0.2, -0.15) is 0 Å². The summed E-state index contributed by atoms with van der Waals surface area (Å²) >= 11 is 0. The van der Waals surface area contributed by atoms with E-state index in [2.05, 4.69) is 11.8 Å². The summed E-state index contributed by atoms with van der Waals surface area (Å²) in [5.41, 5.74) is 0. The molecule has 2 nitrogen and oxygen atoms in total. The highest BCUT2D eigenvalue weighted by Crippen LogP contribution is 2.24. The van der Waals surface area contributed by atoms with Crippen molar-refractivity contribution < 1.29 is 5.11 Å². The number of unbranched alkanes of at least 4 members (excludes halogenated alkanes) is 2. The second kappa shape index (κ2) is 6.39. The van der Waals surface area contributed by atoms with Crippen LogP contribution in [0.25, 0.3) is 0 Å². The molecule has 0 saturated heterocycles. The molecule has 0 amide bonds. The Hall–Kier alpha value is -0.0800. The summed E-state index contributed by atoms with van der Waals surface area (Å²) in [6.07, 6.45) is 8.01. The van der Waals surface area contributed by atoms with Crippen LogP contribution in [0.15, 0.2) is 0 Å². The largest absolute Gasteiger partial charge is 0.395 e. The zero-order chi connectivity index (χ0) is 9.52. The maximum Gasteiger partial charge on any atom is 0.0558 e. The first-order chi connectivity index (χ1) is 6.38. The van der Waals surface area contributed by atoms with E-state index in [-0.39, 0.29) is 0 Å². The lowest BCUT2D eigenvalue weighted by Crippen LogP contribution is -2.42. The monoisotopic (exact) mass is 185 g/mol. The minimum absolute atomic E-state index is 0.322. The van der Waals surface area contributed by atoms with E-state index in [0.29, 0.717) is 6.61 Å². The molecule has 1 rings (SSSR count). The predicted octanol–water partition coefficient (Wildman–Crippen LogP) is 2.02. The van der Waals surface area contributed by atoms with Crippen LogP contribution in [0.3, 0.4) is 0 Å². The van der Waals surface area contributed by atoms with Crippen molar-refractivity contribution >= 4 is 0 Å². The normalized spacial score (nSPS) is 17.8. The summed E-state index contributed by atoms with van der Waals surface area (Å²) in [7, 11) is 0. The van der Waals surface area contributed by atoms with Crippen LogP contribution in [0.4, 0.5) is 0 Å². The van der Waals surface area contributed by atoms with Gasteiger partial charge >= 0.3 is 0 Å². The van der Waals surface area contributed by atoms with Gasteiger partial charge in [0, 0.05) is 12.6 Å². The van der Waals surface area contributed by atoms with Crippen molar-refractivity contribution in [2.24, 2.45) is 0 Å². The van der Waals surface area contributed by atoms with Gasteiger partial charge in [-0.05, 0) is 25.8 Å². The van der Waals surface area contributed by atoms with E-state index in [1.807, 2.05) is 0 Å². The van der Waals surface area contributed by atoms with E-state index >= 15 is 0 Å². The lowest BCUT2D eigenvalue weighted by atomic mass is 9.91. The van der Waals surface area contributed by atoms with Crippen molar-refractivity contribution in [2.75, 3.05) is 19.7 Å². The molecule has 1 fully saturated rings. The molecule has 0 aliphatic heterocycles. The maximum atomic E-state index is 8.92. The molecule has 0 heterocycles. The van der Waals surface area contributed by atoms with Crippen LogP contribution >= 0.6 is 0 Å². The predicted molar refractivity (Wildman–Crippen MR) is 55.8 cm³/mol. The van der Waals surface area contributed by atoms with Crippen molar-refractivity contribution in [2.45, 2.75) is 51.5 Å². The molecular weight excluding hydrogens is 162 g/mol. The number of hydrogen-bond acceptors (Lipinski definition) is 2. The van der Waals surface area contributed by atoms with Gasteiger partial charge < -0.3 is 5.11 Å². The Labute approximate surface area is 81.9 Å². The number of hydrogen-bond donors (Lipinski definition) is 1. The third-order valence-electron chi connectivity index (χ3n) is 3.03. The first-order valence-electron chi connectivity index (χ1n) is 5.73. The fourth-order valence-corrected chi connectivity index (χ4v) is 1.92. The molecule has 0 atom stereocenters. The minimum Gasteiger partial charge on any atom is -0.395 e. The Morgan fingerprint density at radius 3 is 2.46 bits per heavy atom. The zero-order valence-corrected chi connectivity index (χ0v) is 8.84. The maximum absolute atomic E-state index is 8.92. The van der Waals surface area contributed by atoms with Crippen LogP contribution in [0.5, 0.6) is 0 Å². The van der Waals surface area contributed by atoms with E-state index in [9.17, 15) is 0 Å². The molecule has 1 N–H and O–H groups in total. The van der Waals surface area contributed by atoms with Crippen molar-refractivity contribution in [3.63, 3.8) is 0 Å². The highest BCUT2D eigenvalue weighted by atomic mass is 16.3. The van der Waals surface area contributed by atoms with Crippen LogP contribution in [-0.2, 0) is 0 Å².